The monoisotopic (exact) mass is 518 g/mol. The highest BCUT2D eigenvalue weighted by atomic mass is 35.5. The molecule has 0 aliphatic carbocycles. The molecule has 0 radical (unpaired) electrons. The second-order valence-electron chi connectivity index (χ2n) is 8.11. The van der Waals surface area contributed by atoms with Gasteiger partial charge in [-0.1, -0.05) is 29.8 Å². The maximum Gasteiger partial charge on any atom is 0.414 e. The molecule has 1 saturated heterocycles. The van der Waals surface area contributed by atoms with E-state index in [1.54, 1.807) is 26.4 Å². The standard InChI is InChI=1S/C24H27ClN4O5S/c1-31-19-8-7-16(13-20(19)32-2)15-26-23(30)33-21-14-24(34-28-21)9-11-29(12-10-24)22(35)27-18-6-4-3-5-17(18)25/h3-8,13-14,28H,9-12,15H2,1-2H3,(H,26,30)(H,27,35). The van der Waals surface area contributed by atoms with Gasteiger partial charge in [-0.3, -0.25) is 4.84 Å². The zero-order valence-electron chi connectivity index (χ0n) is 19.4. The van der Waals surface area contributed by atoms with Gasteiger partial charge in [0, 0.05) is 38.6 Å². The molecule has 2 aliphatic rings. The van der Waals surface area contributed by atoms with E-state index in [1.165, 1.54) is 0 Å². The predicted octanol–water partition coefficient (Wildman–Crippen LogP) is 4.19. The number of piperidine rings is 1. The summed E-state index contributed by atoms with van der Waals surface area (Å²) in [6, 6.07) is 12.9. The minimum atomic E-state index is -0.596. The fourth-order valence-corrected chi connectivity index (χ4v) is 4.37. The Hall–Kier alpha value is -3.21. The molecule has 35 heavy (non-hydrogen) atoms. The van der Waals surface area contributed by atoms with E-state index in [0.29, 0.717) is 47.6 Å². The molecule has 0 bridgehead atoms. The number of carbonyl (C=O) groups excluding carboxylic acids is 1. The zero-order valence-corrected chi connectivity index (χ0v) is 21.0. The number of hydrogen-bond donors (Lipinski definition) is 3. The van der Waals surface area contributed by atoms with Crippen LogP contribution in [0.25, 0.3) is 0 Å². The third kappa shape index (κ3) is 6.08. The number of ether oxygens (including phenoxy) is 3. The number of hydrogen-bond acceptors (Lipinski definition) is 7. The van der Waals surface area contributed by atoms with Crippen molar-refractivity contribution in [1.29, 1.82) is 0 Å². The quantitative estimate of drug-likeness (QED) is 0.487. The molecule has 0 saturated carbocycles. The Morgan fingerprint density at radius 1 is 1.17 bits per heavy atom. The number of anilines is 1. The van der Waals surface area contributed by atoms with Crippen LogP contribution in [-0.4, -0.2) is 49.0 Å². The normalized spacial score (nSPS) is 16.2. The molecular formula is C24H27ClN4O5S. The van der Waals surface area contributed by atoms with Gasteiger partial charge in [-0.25, -0.2) is 10.3 Å². The lowest BCUT2D eigenvalue weighted by Gasteiger charge is -2.37. The molecule has 2 heterocycles. The molecule has 1 fully saturated rings. The fourth-order valence-electron chi connectivity index (χ4n) is 3.89. The molecule has 4 rings (SSSR count). The number of para-hydroxylation sites is 1. The van der Waals surface area contributed by atoms with Crippen LogP contribution in [0.15, 0.2) is 54.4 Å². The van der Waals surface area contributed by atoms with Crippen LogP contribution >= 0.6 is 23.8 Å². The molecule has 1 amide bonds. The summed E-state index contributed by atoms with van der Waals surface area (Å²) in [4.78, 5) is 20.1. The largest absolute Gasteiger partial charge is 0.493 e. The number of rotatable bonds is 6. The summed E-state index contributed by atoms with van der Waals surface area (Å²) in [6.45, 7) is 1.61. The number of halogens is 1. The van der Waals surface area contributed by atoms with Crippen LogP contribution in [0.3, 0.4) is 0 Å². The van der Waals surface area contributed by atoms with Crippen molar-refractivity contribution in [2.24, 2.45) is 0 Å². The van der Waals surface area contributed by atoms with E-state index in [9.17, 15) is 4.79 Å². The number of hydroxylamine groups is 1. The van der Waals surface area contributed by atoms with Crippen LogP contribution in [0.2, 0.25) is 5.02 Å². The predicted molar refractivity (Wildman–Crippen MR) is 136 cm³/mol. The number of nitrogens with one attached hydrogen (secondary N) is 3. The van der Waals surface area contributed by atoms with E-state index >= 15 is 0 Å². The average molecular weight is 519 g/mol. The van der Waals surface area contributed by atoms with Gasteiger partial charge in [-0.05, 0) is 42.0 Å². The molecule has 9 nitrogen and oxygen atoms in total. The van der Waals surface area contributed by atoms with Crippen LogP contribution in [-0.2, 0) is 16.1 Å². The first-order valence-electron chi connectivity index (χ1n) is 11.1. The summed E-state index contributed by atoms with van der Waals surface area (Å²) in [5.74, 6) is 1.47. The Labute approximate surface area is 214 Å². The van der Waals surface area contributed by atoms with Gasteiger partial charge in [0.1, 0.15) is 5.60 Å². The topological polar surface area (TPSA) is 93.3 Å². The summed E-state index contributed by atoms with van der Waals surface area (Å²) >= 11 is 11.8. The third-order valence-electron chi connectivity index (χ3n) is 5.85. The van der Waals surface area contributed by atoms with Gasteiger partial charge in [-0.2, -0.15) is 0 Å². The van der Waals surface area contributed by atoms with Crippen LogP contribution in [0.1, 0.15) is 18.4 Å². The van der Waals surface area contributed by atoms with E-state index in [-0.39, 0.29) is 12.4 Å². The molecule has 1 spiro atoms. The van der Waals surface area contributed by atoms with Crippen LogP contribution in [0.5, 0.6) is 11.5 Å². The van der Waals surface area contributed by atoms with Gasteiger partial charge in [0.2, 0.25) is 5.88 Å². The first kappa shape index (κ1) is 24.9. The second kappa shape index (κ2) is 11.0. The first-order valence-corrected chi connectivity index (χ1v) is 11.8. The molecule has 11 heteroatoms. The number of methoxy groups -OCH3 is 2. The van der Waals surface area contributed by atoms with Crippen molar-refractivity contribution in [2.75, 3.05) is 32.6 Å². The molecule has 2 aromatic carbocycles. The minimum Gasteiger partial charge on any atom is -0.493 e. The Morgan fingerprint density at radius 3 is 2.63 bits per heavy atom. The highest BCUT2D eigenvalue weighted by molar-refractivity contribution is 7.80. The van der Waals surface area contributed by atoms with Gasteiger partial charge in [0.05, 0.1) is 24.9 Å². The Balaban J connectivity index is 1.26. The van der Waals surface area contributed by atoms with Crippen molar-refractivity contribution in [2.45, 2.75) is 25.0 Å². The summed E-state index contributed by atoms with van der Waals surface area (Å²) in [7, 11) is 3.13. The van der Waals surface area contributed by atoms with E-state index in [4.69, 9.17) is 42.9 Å². The second-order valence-corrected chi connectivity index (χ2v) is 8.90. The smallest absolute Gasteiger partial charge is 0.414 e. The highest BCUT2D eigenvalue weighted by Crippen LogP contribution is 2.33. The van der Waals surface area contributed by atoms with Gasteiger partial charge in [0.15, 0.2) is 16.6 Å². The van der Waals surface area contributed by atoms with Crippen molar-refractivity contribution in [3.8, 4) is 11.5 Å². The highest BCUT2D eigenvalue weighted by Gasteiger charge is 2.40. The van der Waals surface area contributed by atoms with E-state index in [0.717, 1.165) is 11.3 Å². The van der Waals surface area contributed by atoms with Crippen molar-refractivity contribution < 1.29 is 23.8 Å². The summed E-state index contributed by atoms with van der Waals surface area (Å²) in [5, 5.41) is 7.13. The third-order valence-corrected chi connectivity index (χ3v) is 6.54. The van der Waals surface area contributed by atoms with Gasteiger partial charge < -0.3 is 29.7 Å². The summed E-state index contributed by atoms with van der Waals surface area (Å²) in [5.41, 5.74) is 3.78. The SMILES string of the molecule is COc1ccc(CNC(=O)OC2=CC3(CCN(C(=S)Nc4ccccc4Cl)CC3)ON2)cc1OC. The maximum absolute atomic E-state index is 12.3. The molecule has 186 valence electrons. The molecule has 0 atom stereocenters. The van der Waals surface area contributed by atoms with Crippen LogP contribution in [0.4, 0.5) is 10.5 Å². The van der Waals surface area contributed by atoms with Gasteiger partial charge in [0.25, 0.3) is 0 Å². The lowest BCUT2D eigenvalue weighted by Crippen LogP contribution is -2.48. The minimum absolute atomic E-state index is 0.264. The van der Waals surface area contributed by atoms with Gasteiger partial charge >= 0.3 is 6.09 Å². The molecule has 0 aromatic heterocycles. The lowest BCUT2D eigenvalue weighted by molar-refractivity contribution is -0.0739. The number of benzene rings is 2. The number of thiocarbonyl (C=S) groups is 1. The Bertz CT molecular complexity index is 1120. The van der Waals surface area contributed by atoms with E-state index in [2.05, 4.69) is 21.0 Å². The van der Waals surface area contributed by atoms with Crippen molar-refractivity contribution >= 4 is 40.7 Å². The number of nitrogens with zero attached hydrogens (tertiary/aromatic N) is 1. The van der Waals surface area contributed by atoms with Gasteiger partial charge in [-0.15, -0.1) is 0 Å². The maximum atomic E-state index is 12.3. The Morgan fingerprint density at radius 2 is 1.91 bits per heavy atom. The number of amides is 1. The Kier molecular flexibility index (Phi) is 7.84. The fraction of sp³-hybridized carbons (Fsp3) is 0.333. The first-order chi connectivity index (χ1) is 16.9. The summed E-state index contributed by atoms with van der Waals surface area (Å²) < 4.78 is 15.9. The molecular weight excluding hydrogens is 492 g/mol. The molecule has 0 unspecified atom stereocenters. The average Bonchev–Trinajstić information content (AvgIpc) is 3.25. The number of likely N-dealkylation sites (tertiary alicyclic amines) is 1. The molecule has 2 aliphatic heterocycles. The van der Waals surface area contributed by atoms with E-state index in [1.807, 2.05) is 36.4 Å². The van der Waals surface area contributed by atoms with Crippen molar-refractivity contribution in [3.63, 3.8) is 0 Å². The van der Waals surface area contributed by atoms with E-state index < -0.39 is 11.7 Å². The number of carbonyl (C=O) groups is 1. The molecule has 2 aromatic rings. The molecule has 3 N–H and O–H groups in total. The lowest BCUT2D eigenvalue weighted by atomic mass is 9.92. The van der Waals surface area contributed by atoms with Crippen LogP contribution < -0.4 is 25.6 Å². The number of alkyl carbamates (subject to hydrolysis) is 1. The van der Waals surface area contributed by atoms with Crippen molar-refractivity contribution in [1.82, 2.24) is 15.7 Å². The zero-order chi connectivity index (χ0) is 24.8. The summed E-state index contributed by atoms with van der Waals surface area (Å²) in [6.07, 6.45) is 2.56. The van der Waals surface area contributed by atoms with Crippen LogP contribution in [0, 0.1) is 0 Å². The van der Waals surface area contributed by atoms with Crippen molar-refractivity contribution in [3.05, 3.63) is 65.0 Å².